The number of hydrogen-bond donors (Lipinski definition) is 2. The summed E-state index contributed by atoms with van der Waals surface area (Å²) in [6.07, 6.45) is 4.72. The molecule has 2 aromatic rings. The first-order valence-electron chi connectivity index (χ1n) is 11.5. The summed E-state index contributed by atoms with van der Waals surface area (Å²) < 4.78 is 11.3. The van der Waals surface area contributed by atoms with E-state index in [0.29, 0.717) is 29.7 Å². The Labute approximate surface area is 189 Å². The number of carboxylic acids is 1. The second-order valence-corrected chi connectivity index (χ2v) is 8.43. The van der Waals surface area contributed by atoms with Gasteiger partial charge in [0.2, 0.25) is 0 Å². The van der Waals surface area contributed by atoms with Crippen LogP contribution in [0.2, 0.25) is 0 Å². The Hall–Kier alpha value is -2.83. The lowest BCUT2D eigenvalue weighted by Crippen LogP contribution is -2.49. The molecule has 32 heavy (non-hydrogen) atoms. The molecule has 0 spiro atoms. The van der Waals surface area contributed by atoms with E-state index in [1.54, 1.807) is 26.0 Å². The zero-order chi connectivity index (χ0) is 23.8. The highest BCUT2D eigenvalue weighted by molar-refractivity contribution is 5.87. The minimum Gasteiger partial charge on any atom is -0.481 e. The number of rotatable bonds is 12. The molecule has 0 saturated carbocycles. The van der Waals surface area contributed by atoms with Crippen molar-refractivity contribution in [2.24, 2.45) is 5.92 Å². The standard InChI is InChI=1S/C25H35NO6/c1-6-8-9-10-11-20-16(4)19-13-12-18(14-21(19)32-25(20)30)31-17(5)23(27)26-22(24(28)29)15(3)7-2/h12-15,17,22H,6-11H2,1-5H3,(H,26,27)(H,28,29). The van der Waals surface area contributed by atoms with E-state index in [1.165, 1.54) is 0 Å². The summed E-state index contributed by atoms with van der Waals surface area (Å²) in [4.78, 5) is 36.4. The Morgan fingerprint density at radius 3 is 2.50 bits per heavy atom. The third-order valence-corrected chi connectivity index (χ3v) is 6.00. The van der Waals surface area contributed by atoms with Gasteiger partial charge in [-0.05, 0) is 50.3 Å². The van der Waals surface area contributed by atoms with Crippen molar-refractivity contribution in [3.63, 3.8) is 0 Å². The van der Waals surface area contributed by atoms with Crippen molar-refractivity contribution in [2.75, 3.05) is 0 Å². The average molecular weight is 446 g/mol. The lowest BCUT2D eigenvalue weighted by molar-refractivity contribution is -0.144. The first kappa shape index (κ1) is 25.4. The molecule has 0 saturated heterocycles. The predicted octanol–water partition coefficient (Wildman–Crippen LogP) is 4.61. The molecule has 1 heterocycles. The number of amides is 1. The molecule has 3 atom stereocenters. The Balaban J connectivity index is 2.15. The third kappa shape index (κ3) is 6.34. The SMILES string of the molecule is CCCCCCc1c(C)c2ccc(OC(C)C(=O)NC(C(=O)O)C(C)CC)cc2oc1=O. The maximum absolute atomic E-state index is 12.5. The molecular formula is C25H35NO6. The topological polar surface area (TPSA) is 106 Å². The summed E-state index contributed by atoms with van der Waals surface area (Å²) in [6.45, 7) is 9.27. The minimum absolute atomic E-state index is 0.210. The molecule has 2 N–H and O–H groups in total. The third-order valence-electron chi connectivity index (χ3n) is 6.00. The second kappa shape index (κ2) is 11.7. The van der Waals surface area contributed by atoms with Gasteiger partial charge in [-0.2, -0.15) is 0 Å². The molecule has 0 radical (unpaired) electrons. The van der Waals surface area contributed by atoms with Gasteiger partial charge in [-0.3, -0.25) is 4.79 Å². The number of carboxylic acid groups (broad SMARTS) is 1. The number of aliphatic carboxylic acids is 1. The van der Waals surface area contributed by atoms with E-state index in [2.05, 4.69) is 12.2 Å². The number of unbranched alkanes of at least 4 members (excludes halogenated alkanes) is 3. The highest BCUT2D eigenvalue weighted by Crippen LogP contribution is 2.25. The van der Waals surface area contributed by atoms with Gasteiger partial charge in [0, 0.05) is 17.0 Å². The van der Waals surface area contributed by atoms with Crippen LogP contribution in [0.5, 0.6) is 5.75 Å². The Morgan fingerprint density at radius 2 is 1.88 bits per heavy atom. The lowest BCUT2D eigenvalue weighted by Gasteiger charge is -2.22. The van der Waals surface area contributed by atoms with E-state index in [4.69, 9.17) is 9.15 Å². The van der Waals surface area contributed by atoms with Crippen LogP contribution in [0.3, 0.4) is 0 Å². The van der Waals surface area contributed by atoms with Gasteiger partial charge in [0.15, 0.2) is 6.10 Å². The van der Waals surface area contributed by atoms with Crippen molar-refractivity contribution in [1.29, 1.82) is 0 Å². The summed E-state index contributed by atoms with van der Waals surface area (Å²) in [5.41, 5.74) is 1.67. The molecule has 0 fully saturated rings. The van der Waals surface area contributed by atoms with E-state index in [1.807, 2.05) is 19.9 Å². The molecule has 0 aliphatic rings. The highest BCUT2D eigenvalue weighted by atomic mass is 16.5. The summed E-state index contributed by atoms with van der Waals surface area (Å²) in [6, 6.07) is 4.16. The zero-order valence-electron chi connectivity index (χ0n) is 19.7. The molecule has 0 bridgehead atoms. The van der Waals surface area contributed by atoms with Crippen LogP contribution in [0, 0.1) is 12.8 Å². The fourth-order valence-electron chi connectivity index (χ4n) is 3.68. The number of carbonyl (C=O) groups is 2. The quantitative estimate of drug-likeness (QED) is 0.365. The summed E-state index contributed by atoms with van der Waals surface area (Å²) in [7, 11) is 0. The van der Waals surface area contributed by atoms with Gasteiger partial charge in [-0.15, -0.1) is 0 Å². The number of hydrogen-bond acceptors (Lipinski definition) is 5. The fraction of sp³-hybridized carbons (Fsp3) is 0.560. The number of ether oxygens (including phenoxy) is 1. The van der Waals surface area contributed by atoms with Crippen LogP contribution < -0.4 is 15.7 Å². The molecule has 1 aromatic carbocycles. The van der Waals surface area contributed by atoms with Gasteiger partial charge in [0.1, 0.15) is 17.4 Å². The summed E-state index contributed by atoms with van der Waals surface area (Å²) in [5, 5.41) is 12.7. The van der Waals surface area contributed by atoms with Crippen LogP contribution in [0.15, 0.2) is 27.4 Å². The number of nitrogens with one attached hydrogen (secondary N) is 1. The molecular weight excluding hydrogens is 410 g/mol. The molecule has 7 heteroatoms. The number of fused-ring (bicyclic) bond motifs is 1. The average Bonchev–Trinajstić information content (AvgIpc) is 2.75. The van der Waals surface area contributed by atoms with E-state index in [0.717, 1.165) is 36.6 Å². The van der Waals surface area contributed by atoms with E-state index < -0.39 is 24.0 Å². The van der Waals surface area contributed by atoms with Crippen molar-refractivity contribution in [3.8, 4) is 5.75 Å². The van der Waals surface area contributed by atoms with E-state index >= 15 is 0 Å². The van der Waals surface area contributed by atoms with Gasteiger partial charge < -0.3 is 19.6 Å². The molecule has 7 nitrogen and oxygen atoms in total. The van der Waals surface area contributed by atoms with E-state index in [9.17, 15) is 19.5 Å². The first-order chi connectivity index (χ1) is 15.2. The number of carbonyl (C=O) groups excluding carboxylic acids is 1. The van der Waals surface area contributed by atoms with Crippen LogP contribution in [-0.4, -0.2) is 29.1 Å². The van der Waals surface area contributed by atoms with Gasteiger partial charge in [-0.1, -0.05) is 46.5 Å². The first-order valence-corrected chi connectivity index (χ1v) is 11.5. The molecule has 2 rings (SSSR count). The summed E-state index contributed by atoms with van der Waals surface area (Å²) >= 11 is 0. The minimum atomic E-state index is -1.08. The normalized spacial score (nSPS) is 14.0. The van der Waals surface area contributed by atoms with Gasteiger partial charge in [0.25, 0.3) is 5.91 Å². The molecule has 176 valence electrons. The fourth-order valence-corrected chi connectivity index (χ4v) is 3.68. The molecule has 0 aliphatic carbocycles. The Bertz CT molecular complexity index is 996. The summed E-state index contributed by atoms with van der Waals surface area (Å²) in [5.74, 6) is -1.43. The predicted molar refractivity (Wildman–Crippen MR) is 124 cm³/mol. The van der Waals surface area contributed by atoms with Crippen molar-refractivity contribution in [1.82, 2.24) is 5.32 Å². The molecule has 0 aliphatic heterocycles. The van der Waals surface area contributed by atoms with Gasteiger partial charge >= 0.3 is 11.6 Å². The number of aryl methyl sites for hydroxylation is 1. The number of benzene rings is 1. The van der Waals surface area contributed by atoms with Crippen molar-refractivity contribution < 1.29 is 23.8 Å². The Kier molecular flexibility index (Phi) is 9.29. The van der Waals surface area contributed by atoms with Crippen molar-refractivity contribution in [2.45, 2.75) is 85.3 Å². The Morgan fingerprint density at radius 1 is 1.16 bits per heavy atom. The van der Waals surface area contributed by atoms with Crippen LogP contribution >= 0.6 is 0 Å². The van der Waals surface area contributed by atoms with Crippen molar-refractivity contribution in [3.05, 3.63) is 39.7 Å². The zero-order valence-corrected chi connectivity index (χ0v) is 19.7. The molecule has 3 unspecified atom stereocenters. The van der Waals surface area contributed by atoms with Gasteiger partial charge in [0.05, 0.1) is 0 Å². The van der Waals surface area contributed by atoms with Gasteiger partial charge in [-0.25, -0.2) is 9.59 Å². The second-order valence-electron chi connectivity index (χ2n) is 8.43. The maximum atomic E-state index is 12.5. The maximum Gasteiger partial charge on any atom is 0.339 e. The van der Waals surface area contributed by atoms with Crippen LogP contribution in [-0.2, 0) is 16.0 Å². The highest BCUT2D eigenvalue weighted by Gasteiger charge is 2.28. The monoisotopic (exact) mass is 445 g/mol. The lowest BCUT2D eigenvalue weighted by atomic mass is 9.99. The van der Waals surface area contributed by atoms with Crippen molar-refractivity contribution >= 4 is 22.8 Å². The molecule has 1 amide bonds. The van der Waals surface area contributed by atoms with Crippen LogP contribution in [0.25, 0.3) is 11.0 Å². The molecule has 1 aromatic heterocycles. The van der Waals surface area contributed by atoms with Crippen LogP contribution in [0.1, 0.15) is 70.9 Å². The largest absolute Gasteiger partial charge is 0.481 e. The smallest absolute Gasteiger partial charge is 0.339 e. The van der Waals surface area contributed by atoms with Crippen LogP contribution in [0.4, 0.5) is 0 Å². The van der Waals surface area contributed by atoms with E-state index in [-0.39, 0.29) is 11.5 Å².